The van der Waals surface area contributed by atoms with Crippen LogP contribution in [0, 0.1) is 0 Å². The molecule has 4 aromatic rings. The van der Waals surface area contributed by atoms with Crippen LogP contribution in [0.1, 0.15) is 12.5 Å². The Balaban J connectivity index is 1.22. The number of hydrogen-bond donors (Lipinski definition) is 7. The van der Waals surface area contributed by atoms with Gasteiger partial charge in [-0.25, -0.2) is 9.97 Å². The summed E-state index contributed by atoms with van der Waals surface area (Å²) in [5, 5.41) is 51.0. The number of aromatic nitrogens is 8. The summed E-state index contributed by atoms with van der Waals surface area (Å²) < 4.78 is 19.7. The van der Waals surface area contributed by atoms with Gasteiger partial charge in [0, 0.05) is 0 Å². The molecule has 0 unspecified atom stereocenters. The fourth-order valence-corrected chi connectivity index (χ4v) is 4.80. The Morgan fingerprint density at radius 2 is 1.33 bits per heavy atom. The number of nitrogens with two attached hydrogens (primary N) is 2. The number of ether oxygens (including phenoxy) is 3. The Labute approximate surface area is 222 Å². The molecule has 18 nitrogen and oxygen atoms in total. The summed E-state index contributed by atoms with van der Waals surface area (Å²) in [4.78, 5) is 24.5. The fourth-order valence-electron chi connectivity index (χ4n) is 4.63. The average Bonchev–Trinajstić information content (AvgIpc) is 3.65. The van der Waals surface area contributed by atoms with Crippen LogP contribution >= 0.6 is 11.6 Å². The fraction of sp³-hybridized carbons (Fsp3) is 0.500. The van der Waals surface area contributed by atoms with Crippen molar-refractivity contribution in [2.75, 3.05) is 24.7 Å². The first-order chi connectivity index (χ1) is 18.7. The Morgan fingerprint density at radius 1 is 0.795 bits per heavy atom. The van der Waals surface area contributed by atoms with Crippen molar-refractivity contribution in [3.05, 3.63) is 17.9 Å². The lowest BCUT2D eigenvalue weighted by Gasteiger charge is -2.17. The molecule has 0 aromatic carbocycles. The van der Waals surface area contributed by atoms with Crippen molar-refractivity contribution in [1.82, 2.24) is 39.0 Å². The molecule has 0 radical (unpaired) electrons. The molecule has 0 bridgehead atoms. The second-order valence-electron chi connectivity index (χ2n) is 9.00. The van der Waals surface area contributed by atoms with Crippen LogP contribution in [0.15, 0.2) is 12.7 Å². The molecule has 19 heteroatoms. The van der Waals surface area contributed by atoms with Gasteiger partial charge >= 0.3 is 6.01 Å². The van der Waals surface area contributed by atoms with E-state index in [4.69, 9.17) is 37.3 Å². The zero-order valence-corrected chi connectivity index (χ0v) is 20.5. The number of aliphatic hydroxyl groups excluding tert-OH is 5. The van der Waals surface area contributed by atoms with Crippen molar-refractivity contribution in [2.45, 2.75) is 49.1 Å². The van der Waals surface area contributed by atoms with Crippen molar-refractivity contribution in [3.63, 3.8) is 0 Å². The quantitative estimate of drug-likeness (QED) is 0.115. The maximum Gasteiger partial charge on any atom is 0.320 e. The molecular weight excluding hydrogens is 544 g/mol. The number of halogens is 1. The number of nitrogens with zero attached hydrogens (tertiary/aromatic N) is 8. The zero-order chi connectivity index (χ0) is 27.6. The van der Waals surface area contributed by atoms with E-state index >= 15 is 0 Å². The van der Waals surface area contributed by atoms with Crippen molar-refractivity contribution in [1.29, 1.82) is 0 Å². The van der Waals surface area contributed by atoms with E-state index in [2.05, 4.69) is 29.9 Å². The number of hydrogen-bond acceptors (Lipinski definition) is 16. The van der Waals surface area contributed by atoms with E-state index in [0.717, 1.165) is 0 Å². The standard InChI is InChI=1S/C20H23ClN10O8/c21-19-26-13(22)7-15(28-19)30(3-24-7)18-12(36)10(34)6(39-18)2-37-20-27-14(23)8-16(29-20)31(4-25-8)17-11(35)9(33)5(1-32)38-17/h3-6,9-12,17-18,32-36H,1-2H2,(H2,22,26,28)(H2,23,27,29)/t5-,6-,9-,10-,11-,12-,17-,18-/m1/s1. The summed E-state index contributed by atoms with van der Waals surface area (Å²) in [5.41, 5.74) is 12.6. The van der Waals surface area contributed by atoms with Gasteiger partial charge in [0.2, 0.25) is 5.28 Å². The number of nitrogen functional groups attached to an aromatic ring is 2. The van der Waals surface area contributed by atoms with Gasteiger partial charge in [-0.15, -0.1) is 0 Å². The van der Waals surface area contributed by atoms with Gasteiger partial charge in [0.25, 0.3) is 0 Å². The number of imidazole rings is 2. The maximum atomic E-state index is 10.7. The number of fused-ring (bicyclic) bond motifs is 2. The molecule has 0 saturated carbocycles. The zero-order valence-electron chi connectivity index (χ0n) is 19.8. The lowest BCUT2D eigenvalue weighted by Crippen LogP contribution is -2.34. The first-order valence-corrected chi connectivity index (χ1v) is 12.0. The highest BCUT2D eigenvalue weighted by atomic mass is 35.5. The molecule has 39 heavy (non-hydrogen) atoms. The van der Waals surface area contributed by atoms with Crippen LogP contribution in [0.25, 0.3) is 22.3 Å². The van der Waals surface area contributed by atoms with Crippen molar-refractivity contribution < 1.29 is 39.7 Å². The minimum Gasteiger partial charge on any atom is -0.460 e. The molecule has 6 heterocycles. The third-order valence-corrected chi connectivity index (χ3v) is 6.80. The highest BCUT2D eigenvalue weighted by Gasteiger charge is 2.46. The lowest BCUT2D eigenvalue weighted by molar-refractivity contribution is -0.0514. The summed E-state index contributed by atoms with van der Waals surface area (Å²) in [6.07, 6.45) is -7.14. The van der Waals surface area contributed by atoms with Gasteiger partial charge in [0.1, 0.15) is 48.7 Å². The Bertz CT molecular complexity index is 1540. The van der Waals surface area contributed by atoms with Crippen LogP contribution in [0.4, 0.5) is 11.6 Å². The van der Waals surface area contributed by atoms with Crippen molar-refractivity contribution >= 4 is 45.6 Å². The number of rotatable bonds is 6. The van der Waals surface area contributed by atoms with Gasteiger partial charge in [-0.2, -0.15) is 19.9 Å². The van der Waals surface area contributed by atoms with Crippen LogP contribution < -0.4 is 16.2 Å². The summed E-state index contributed by atoms with van der Waals surface area (Å²) in [5.74, 6) is -0.0108. The average molecular weight is 567 g/mol. The Kier molecular flexibility index (Phi) is 6.35. The van der Waals surface area contributed by atoms with E-state index in [1.807, 2.05) is 0 Å². The summed E-state index contributed by atoms with van der Waals surface area (Å²) >= 11 is 5.91. The molecule has 0 amide bonds. The van der Waals surface area contributed by atoms with Crippen LogP contribution in [-0.2, 0) is 9.47 Å². The van der Waals surface area contributed by atoms with E-state index in [0.29, 0.717) is 0 Å². The van der Waals surface area contributed by atoms with Crippen LogP contribution in [0.2, 0.25) is 5.28 Å². The summed E-state index contributed by atoms with van der Waals surface area (Å²) in [6, 6.07) is -0.220. The van der Waals surface area contributed by atoms with E-state index in [1.54, 1.807) is 0 Å². The maximum absolute atomic E-state index is 10.7. The van der Waals surface area contributed by atoms with Gasteiger partial charge in [-0.05, 0) is 11.6 Å². The third-order valence-electron chi connectivity index (χ3n) is 6.63. The molecule has 9 N–H and O–H groups in total. The van der Waals surface area contributed by atoms with Crippen LogP contribution in [0.3, 0.4) is 0 Å². The first kappa shape index (κ1) is 25.8. The molecule has 8 atom stereocenters. The number of anilines is 2. The molecular formula is C20H23ClN10O8. The molecule has 208 valence electrons. The summed E-state index contributed by atoms with van der Waals surface area (Å²) in [6.45, 7) is -0.808. The van der Waals surface area contributed by atoms with Crippen LogP contribution in [0.5, 0.6) is 6.01 Å². The van der Waals surface area contributed by atoms with Gasteiger partial charge in [-0.3, -0.25) is 9.13 Å². The second kappa shape index (κ2) is 9.61. The Morgan fingerprint density at radius 3 is 1.92 bits per heavy atom. The van der Waals surface area contributed by atoms with Crippen LogP contribution in [-0.4, -0.2) is 114 Å². The molecule has 0 spiro atoms. The van der Waals surface area contributed by atoms with Gasteiger partial charge in [0.15, 0.2) is 40.9 Å². The molecule has 6 rings (SSSR count). The molecule has 2 aliphatic heterocycles. The van der Waals surface area contributed by atoms with E-state index < -0.39 is 55.7 Å². The topological polar surface area (TPSA) is 268 Å². The smallest absolute Gasteiger partial charge is 0.320 e. The predicted octanol–water partition coefficient (Wildman–Crippen LogP) is -2.91. The lowest BCUT2D eigenvalue weighted by atomic mass is 10.1. The predicted molar refractivity (Wildman–Crippen MR) is 129 cm³/mol. The normalized spacial score (nSPS) is 31.0. The number of aliphatic hydroxyl groups is 5. The first-order valence-electron chi connectivity index (χ1n) is 11.6. The second-order valence-corrected chi connectivity index (χ2v) is 9.34. The highest BCUT2D eigenvalue weighted by molar-refractivity contribution is 6.28. The third kappa shape index (κ3) is 4.17. The molecule has 0 aliphatic carbocycles. The molecule has 2 fully saturated rings. The van der Waals surface area contributed by atoms with Crippen molar-refractivity contribution in [2.24, 2.45) is 0 Å². The minimum atomic E-state index is -1.40. The van der Waals surface area contributed by atoms with E-state index in [1.165, 1.54) is 21.8 Å². The minimum absolute atomic E-state index is 0.0398. The Hall–Kier alpha value is -3.49. The monoisotopic (exact) mass is 566 g/mol. The van der Waals surface area contributed by atoms with Gasteiger partial charge in [-0.1, -0.05) is 0 Å². The SMILES string of the molecule is Nc1nc(Cl)nc2c1ncn2[C@@H]1O[C@H](COc2nc(N)c3ncn([C@@H]4O[C@H](CO)[C@@H](O)[C@H]4O)c3n2)[C@@H](O)[C@H]1O. The van der Waals surface area contributed by atoms with Gasteiger partial charge in [0.05, 0.1) is 19.3 Å². The van der Waals surface area contributed by atoms with E-state index in [9.17, 15) is 25.5 Å². The van der Waals surface area contributed by atoms with E-state index in [-0.39, 0.29) is 51.9 Å². The molecule has 2 saturated heterocycles. The molecule has 4 aromatic heterocycles. The molecule has 2 aliphatic rings. The summed E-state index contributed by atoms with van der Waals surface area (Å²) in [7, 11) is 0. The highest BCUT2D eigenvalue weighted by Crippen LogP contribution is 2.34. The largest absolute Gasteiger partial charge is 0.460 e. The van der Waals surface area contributed by atoms with Gasteiger partial charge < -0.3 is 51.2 Å². The van der Waals surface area contributed by atoms with Crippen molar-refractivity contribution in [3.8, 4) is 6.01 Å².